The summed E-state index contributed by atoms with van der Waals surface area (Å²) in [5.41, 5.74) is 5.59. The van der Waals surface area contributed by atoms with Gasteiger partial charge >= 0.3 is 6.09 Å². The molecule has 5 rings (SSSR count). The number of alkyl carbamates (subject to hydrolysis) is 1. The fourth-order valence-corrected chi connectivity index (χ4v) is 4.22. The first-order chi connectivity index (χ1) is 15.7. The summed E-state index contributed by atoms with van der Waals surface area (Å²) in [4.78, 5) is 12.2. The van der Waals surface area contributed by atoms with E-state index in [4.69, 9.17) is 4.74 Å². The topological polar surface area (TPSA) is 58.6 Å². The van der Waals surface area contributed by atoms with Crippen LogP contribution in [-0.2, 0) is 4.74 Å². The third-order valence-electron chi connectivity index (χ3n) is 5.72. The van der Waals surface area contributed by atoms with Crippen LogP contribution in [0, 0.1) is 11.8 Å². The zero-order valence-corrected chi connectivity index (χ0v) is 17.3. The van der Waals surface area contributed by atoms with Gasteiger partial charge in [0.25, 0.3) is 0 Å². The molecule has 0 heterocycles. The van der Waals surface area contributed by atoms with Crippen LogP contribution in [0.5, 0.6) is 5.75 Å². The van der Waals surface area contributed by atoms with E-state index in [2.05, 4.69) is 41.4 Å². The Labute approximate surface area is 186 Å². The average molecular weight is 419 g/mol. The summed E-state index contributed by atoms with van der Waals surface area (Å²) in [6.07, 6.45) is -0.482. The van der Waals surface area contributed by atoms with E-state index in [1.165, 1.54) is 22.3 Å². The van der Waals surface area contributed by atoms with Crippen LogP contribution in [0.4, 0.5) is 4.79 Å². The molecule has 1 amide bonds. The summed E-state index contributed by atoms with van der Waals surface area (Å²) in [6.45, 7) is 0.468. The van der Waals surface area contributed by atoms with Gasteiger partial charge in [0.1, 0.15) is 12.4 Å². The van der Waals surface area contributed by atoms with Crippen molar-refractivity contribution >= 4 is 16.9 Å². The van der Waals surface area contributed by atoms with E-state index < -0.39 is 6.09 Å². The Morgan fingerprint density at radius 2 is 1.56 bits per heavy atom. The molecule has 0 radical (unpaired) electrons. The molecule has 4 heteroatoms. The zero-order valence-electron chi connectivity index (χ0n) is 17.3. The Morgan fingerprint density at radius 3 is 2.31 bits per heavy atom. The lowest BCUT2D eigenvalue weighted by atomic mass is 9.98. The Hall–Kier alpha value is -4.23. The van der Waals surface area contributed by atoms with Crippen molar-refractivity contribution in [3.63, 3.8) is 0 Å². The van der Waals surface area contributed by atoms with Crippen molar-refractivity contribution in [1.29, 1.82) is 0 Å². The summed E-state index contributed by atoms with van der Waals surface area (Å²) in [6, 6.07) is 27.5. The van der Waals surface area contributed by atoms with E-state index in [1.807, 2.05) is 48.5 Å². The molecule has 0 bridgehead atoms. The predicted molar refractivity (Wildman–Crippen MR) is 126 cm³/mol. The fraction of sp³-hybridized carbons (Fsp3) is 0.107. The maximum atomic E-state index is 12.2. The smallest absolute Gasteiger partial charge is 0.407 e. The number of phenolic OH excluding ortho intramolecular Hbond substituents is 1. The number of aromatic hydroxyl groups is 1. The van der Waals surface area contributed by atoms with Crippen LogP contribution in [0.15, 0.2) is 84.9 Å². The number of hydrogen-bond donors (Lipinski definition) is 2. The summed E-state index contributed by atoms with van der Waals surface area (Å²) in [5, 5.41) is 14.3. The van der Waals surface area contributed by atoms with Crippen molar-refractivity contribution in [3.8, 4) is 28.7 Å². The highest BCUT2D eigenvalue weighted by Gasteiger charge is 2.28. The van der Waals surface area contributed by atoms with E-state index in [9.17, 15) is 9.90 Å². The normalized spacial score (nSPS) is 11.9. The Balaban J connectivity index is 1.19. The van der Waals surface area contributed by atoms with Crippen LogP contribution in [0.1, 0.15) is 22.6 Å². The standard InChI is InChI=1S/C28H21NO3/c30-22-14-13-20-12-11-19(16-21(20)17-22)6-5-15-29-28(31)32-18-27-25-9-3-1-7-23(25)24-8-2-4-10-26(24)27/h1-4,7-14,16-17,27,30H,15,18H2,(H,29,31). The van der Waals surface area contributed by atoms with Gasteiger partial charge in [-0.1, -0.05) is 72.5 Å². The van der Waals surface area contributed by atoms with Gasteiger partial charge in [-0.25, -0.2) is 4.79 Å². The first-order valence-corrected chi connectivity index (χ1v) is 10.5. The molecule has 156 valence electrons. The second-order valence-corrected chi connectivity index (χ2v) is 7.73. The number of ether oxygens (including phenoxy) is 1. The maximum Gasteiger partial charge on any atom is 0.407 e. The number of fused-ring (bicyclic) bond motifs is 4. The molecule has 0 unspecified atom stereocenters. The van der Waals surface area contributed by atoms with Gasteiger partial charge in [0.05, 0.1) is 6.54 Å². The SMILES string of the molecule is O=C(NCC#Cc1ccc2ccc(O)cc2c1)OCC1c2ccccc2-c2ccccc21. The minimum atomic E-state index is -0.482. The van der Waals surface area contributed by atoms with Gasteiger partial charge in [0.2, 0.25) is 0 Å². The summed E-state index contributed by atoms with van der Waals surface area (Å²) < 4.78 is 5.52. The van der Waals surface area contributed by atoms with E-state index in [1.54, 1.807) is 12.1 Å². The number of rotatable bonds is 3. The Kier molecular flexibility index (Phi) is 5.23. The van der Waals surface area contributed by atoms with Crippen LogP contribution >= 0.6 is 0 Å². The number of phenols is 1. The number of hydrogen-bond acceptors (Lipinski definition) is 3. The van der Waals surface area contributed by atoms with Crippen molar-refractivity contribution in [2.75, 3.05) is 13.2 Å². The van der Waals surface area contributed by atoms with Crippen LogP contribution in [0.3, 0.4) is 0 Å². The first kappa shape index (κ1) is 19.7. The number of amides is 1. The van der Waals surface area contributed by atoms with Crippen molar-refractivity contribution in [3.05, 3.63) is 102 Å². The quantitative estimate of drug-likeness (QED) is 0.435. The third-order valence-corrected chi connectivity index (χ3v) is 5.72. The van der Waals surface area contributed by atoms with E-state index >= 15 is 0 Å². The second-order valence-electron chi connectivity index (χ2n) is 7.73. The van der Waals surface area contributed by atoms with E-state index in [0.717, 1.165) is 16.3 Å². The largest absolute Gasteiger partial charge is 0.508 e. The predicted octanol–water partition coefficient (Wildman–Crippen LogP) is 5.44. The molecule has 0 atom stereocenters. The molecule has 0 saturated carbocycles. The number of benzene rings is 4. The second kappa shape index (κ2) is 8.49. The molecule has 0 aliphatic heterocycles. The lowest BCUT2D eigenvalue weighted by Gasteiger charge is -2.14. The van der Waals surface area contributed by atoms with Crippen molar-refractivity contribution in [1.82, 2.24) is 5.32 Å². The van der Waals surface area contributed by atoms with Crippen molar-refractivity contribution in [2.45, 2.75) is 5.92 Å². The molecule has 1 aliphatic rings. The third kappa shape index (κ3) is 3.89. The summed E-state index contributed by atoms with van der Waals surface area (Å²) in [5.74, 6) is 6.24. The fourth-order valence-electron chi connectivity index (χ4n) is 4.22. The van der Waals surface area contributed by atoms with Crippen LogP contribution in [0.2, 0.25) is 0 Å². The van der Waals surface area contributed by atoms with Crippen molar-refractivity contribution in [2.24, 2.45) is 0 Å². The van der Waals surface area contributed by atoms with Gasteiger partial charge in [0, 0.05) is 11.5 Å². The molecule has 4 aromatic rings. The van der Waals surface area contributed by atoms with Gasteiger partial charge in [-0.15, -0.1) is 0 Å². The molecule has 0 aromatic heterocycles. The lowest BCUT2D eigenvalue weighted by molar-refractivity contribution is 0.144. The number of carbonyl (C=O) groups excluding carboxylic acids is 1. The maximum absolute atomic E-state index is 12.2. The Morgan fingerprint density at radius 1 is 0.875 bits per heavy atom. The molecule has 4 nitrogen and oxygen atoms in total. The van der Waals surface area contributed by atoms with Gasteiger partial charge < -0.3 is 15.2 Å². The van der Waals surface area contributed by atoms with Crippen LogP contribution in [-0.4, -0.2) is 24.4 Å². The molecule has 4 aromatic carbocycles. The van der Waals surface area contributed by atoms with Crippen LogP contribution in [0.25, 0.3) is 21.9 Å². The molecule has 1 aliphatic carbocycles. The van der Waals surface area contributed by atoms with Gasteiger partial charge in [-0.2, -0.15) is 0 Å². The monoisotopic (exact) mass is 419 g/mol. The van der Waals surface area contributed by atoms with Gasteiger partial charge in [0.15, 0.2) is 0 Å². The molecule has 0 fully saturated rings. The highest BCUT2D eigenvalue weighted by Crippen LogP contribution is 2.44. The Bertz CT molecular complexity index is 1330. The first-order valence-electron chi connectivity index (χ1n) is 10.5. The van der Waals surface area contributed by atoms with Crippen molar-refractivity contribution < 1.29 is 14.6 Å². The molecular weight excluding hydrogens is 398 g/mol. The average Bonchev–Trinajstić information content (AvgIpc) is 3.14. The van der Waals surface area contributed by atoms with E-state index in [0.29, 0.717) is 0 Å². The van der Waals surface area contributed by atoms with E-state index in [-0.39, 0.29) is 24.8 Å². The molecular formula is C28H21NO3. The number of carbonyl (C=O) groups is 1. The molecule has 0 spiro atoms. The lowest BCUT2D eigenvalue weighted by Crippen LogP contribution is -2.26. The molecule has 0 saturated heterocycles. The minimum absolute atomic E-state index is 0.0354. The summed E-state index contributed by atoms with van der Waals surface area (Å²) >= 11 is 0. The molecule has 32 heavy (non-hydrogen) atoms. The highest BCUT2D eigenvalue weighted by atomic mass is 16.5. The molecule has 2 N–H and O–H groups in total. The zero-order chi connectivity index (χ0) is 21.9. The van der Waals surface area contributed by atoms with Gasteiger partial charge in [-0.3, -0.25) is 0 Å². The minimum Gasteiger partial charge on any atom is -0.508 e. The van der Waals surface area contributed by atoms with Gasteiger partial charge in [-0.05, 0) is 57.3 Å². The highest BCUT2D eigenvalue weighted by molar-refractivity contribution is 5.85. The number of nitrogens with one attached hydrogen (secondary N) is 1. The van der Waals surface area contributed by atoms with Crippen LogP contribution < -0.4 is 5.32 Å². The summed E-state index contributed by atoms with van der Waals surface area (Å²) in [7, 11) is 0.